The zero-order valence-electron chi connectivity index (χ0n) is 13.3. The van der Waals surface area contributed by atoms with Gasteiger partial charge >= 0.3 is 0 Å². The van der Waals surface area contributed by atoms with E-state index in [0.717, 1.165) is 25.9 Å². The molecule has 6 heteroatoms. The van der Waals surface area contributed by atoms with Crippen LogP contribution in [-0.4, -0.2) is 47.5 Å². The number of nitrogens with one attached hydrogen (secondary N) is 2. The molecule has 1 fully saturated rings. The van der Waals surface area contributed by atoms with Crippen molar-refractivity contribution in [3.05, 3.63) is 40.4 Å². The molecule has 1 atom stereocenters. The second-order valence-electron chi connectivity index (χ2n) is 6.17. The summed E-state index contributed by atoms with van der Waals surface area (Å²) >= 11 is 0. The van der Waals surface area contributed by atoms with Gasteiger partial charge in [0.15, 0.2) is 0 Å². The molecule has 1 aliphatic rings. The molecule has 0 aliphatic carbocycles. The number of hydrogen-bond acceptors (Lipinski definition) is 4. The van der Waals surface area contributed by atoms with Crippen LogP contribution >= 0.6 is 0 Å². The summed E-state index contributed by atoms with van der Waals surface area (Å²) in [6.45, 7) is 2.36. The first-order chi connectivity index (χ1) is 11.1. The number of aromatic amines is 1. The number of aromatic nitrogens is 2. The van der Waals surface area contributed by atoms with Crippen LogP contribution in [0.5, 0.6) is 0 Å². The Balaban J connectivity index is 1.58. The lowest BCUT2D eigenvalue weighted by Crippen LogP contribution is -2.42. The van der Waals surface area contributed by atoms with Crippen LogP contribution in [0.3, 0.4) is 0 Å². The molecule has 0 bridgehead atoms. The molecule has 1 aromatic heterocycles. The van der Waals surface area contributed by atoms with Crippen LogP contribution < -0.4 is 10.9 Å². The van der Waals surface area contributed by atoms with E-state index >= 15 is 0 Å². The van der Waals surface area contributed by atoms with E-state index < -0.39 is 0 Å². The second-order valence-corrected chi connectivity index (χ2v) is 6.17. The first-order valence-electron chi connectivity index (χ1n) is 8.07. The molecule has 0 radical (unpaired) electrons. The maximum absolute atomic E-state index is 12.2. The molecule has 23 heavy (non-hydrogen) atoms. The topological polar surface area (TPSA) is 78.1 Å². The van der Waals surface area contributed by atoms with E-state index in [1.54, 1.807) is 6.07 Å². The molecule has 2 N–H and O–H groups in total. The number of hydrogen-bond donors (Lipinski definition) is 2. The number of nitrogens with zero attached hydrogens (tertiary/aromatic N) is 2. The van der Waals surface area contributed by atoms with Gasteiger partial charge in [0.05, 0.1) is 16.8 Å². The zero-order chi connectivity index (χ0) is 16.2. The van der Waals surface area contributed by atoms with Crippen molar-refractivity contribution in [2.45, 2.75) is 19.3 Å². The fraction of sp³-hybridized carbons (Fsp3) is 0.471. The van der Waals surface area contributed by atoms with E-state index in [1.165, 1.54) is 0 Å². The molecule has 3 rings (SSSR count). The Labute approximate surface area is 134 Å². The van der Waals surface area contributed by atoms with Crippen molar-refractivity contribution >= 4 is 16.8 Å². The number of H-pyrrole nitrogens is 1. The third-order valence-electron chi connectivity index (χ3n) is 4.32. The average molecular weight is 314 g/mol. The van der Waals surface area contributed by atoms with Gasteiger partial charge in [-0.25, -0.2) is 4.98 Å². The third-order valence-corrected chi connectivity index (χ3v) is 4.32. The van der Waals surface area contributed by atoms with Crippen LogP contribution in [0.15, 0.2) is 29.1 Å². The minimum Gasteiger partial charge on any atom is -0.355 e. The summed E-state index contributed by atoms with van der Waals surface area (Å²) in [6, 6.07) is 7.26. The van der Waals surface area contributed by atoms with E-state index in [-0.39, 0.29) is 17.4 Å². The Morgan fingerprint density at radius 3 is 3.09 bits per heavy atom. The molecule has 1 aliphatic heterocycles. The summed E-state index contributed by atoms with van der Waals surface area (Å²) in [5, 5.41) is 3.55. The smallest absolute Gasteiger partial charge is 0.258 e. The summed E-state index contributed by atoms with van der Waals surface area (Å²) in [4.78, 5) is 33.6. The van der Waals surface area contributed by atoms with E-state index in [0.29, 0.717) is 29.7 Å². The van der Waals surface area contributed by atoms with E-state index in [4.69, 9.17) is 0 Å². The Bertz CT molecular complexity index is 756. The summed E-state index contributed by atoms with van der Waals surface area (Å²) < 4.78 is 0. The Hall–Kier alpha value is -2.21. The summed E-state index contributed by atoms with van der Waals surface area (Å²) in [6.07, 6.45) is 2.53. The van der Waals surface area contributed by atoms with Gasteiger partial charge in [0.2, 0.25) is 5.91 Å². The lowest BCUT2D eigenvalue weighted by Gasteiger charge is -2.28. The first kappa shape index (κ1) is 15.7. The predicted octanol–water partition coefficient (Wildman–Crippen LogP) is 0.924. The largest absolute Gasteiger partial charge is 0.355 e. The van der Waals surface area contributed by atoms with Gasteiger partial charge in [-0.2, -0.15) is 0 Å². The Kier molecular flexibility index (Phi) is 4.71. The number of amides is 1. The van der Waals surface area contributed by atoms with E-state index in [1.807, 2.05) is 25.2 Å². The molecule has 0 saturated carbocycles. The number of benzene rings is 1. The molecule has 1 aromatic carbocycles. The highest BCUT2D eigenvalue weighted by molar-refractivity contribution is 5.79. The van der Waals surface area contributed by atoms with Crippen molar-refractivity contribution in [3.63, 3.8) is 0 Å². The third kappa shape index (κ3) is 3.76. The van der Waals surface area contributed by atoms with Crippen LogP contribution in [-0.2, 0) is 11.2 Å². The zero-order valence-corrected chi connectivity index (χ0v) is 13.3. The minimum absolute atomic E-state index is 0.0670. The van der Waals surface area contributed by atoms with Crippen LogP contribution in [0, 0.1) is 5.92 Å². The van der Waals surface area contributed by atoms with Crippen molar-refractivity contribution in [1.29, 1.82) is 0 Å². The number of fused-ring (bicyclic) bond motifs is 1. The van der Waals surface area contributed by atoms with Gasteiger partial charge in [0.1, 0.15) is 5.82 Å². The normalized spacial score (nSPS) is 18.9. The molecule has 2 heterocycles. The Morgan fingerprint density at radius 2 is 2.26 bits per heavy atom. The number of carbonyl (C=O) groups is 1. The molecular formula is C17H22N4O2. The number of piperidine rings is 1. The lowest BCUT2D eigenvalue weighted by molar-refractivity contribution is -0.126. The van der Waals surface area contributed by atoms with Crippen molar-refractivity contribution in [1.82, 2.24) is 20.2 Å². The standard InChI is InChI=1S/C17H22N4O2/c1-21-10-4-5-12(11-21)16(22)18-9-8-15-19-14-7-3-2-6-13(14)17(23)20-15/h2-3,6-7,12H,4-5,8-11H2,1H3,(H,18,22)(H,19,20,23). The van der Waals surface area contributed by atoms with Crippen LogP contribution in [0.4, 0.5) is 0 Å². The maximum Gasteiger partial charge on any atom is 0.258 e. The van der Waals surface area contributed by atoms with Crippen LogP contribution in [0.25, 0.3) is 10.9 Å². The highest BCUT2D eigenvalue weighted by Gasteiger charge is 2.23. The minimum atomic E-state index is -0.133. The molecule has 122 valence electrons. The van der Waals surface area contributed by atoms with Crippen molar-refractivity contribution < 1.29 is 4.79 Å². The van der Waals surface area contributed by atoms with Gasteiger partial charge in [-0.05, 0) is 38.6 Å². The summed E-state index contributed by atoms with van der Waals surface area (Å²) in [7, 11) is 2.04. The predicted molar refractivity (Wildman–Crippen MR) is 89.3 cm³/mol. The Morgan fingerprint density at radius 1 is 1.43 bits per heavy atom. The first-order valence-corrected chi connectivity index (χ1v) is 8.07. The molecule has 0 spiro atoms. The van der Waals surface area contributed by atoms with Gasteiger partial charge in [0.25, 0.3) is 5.56 Å². The average Bonchev–Trinajstić information content (AvgIpc) is 2.55. The number of carbonyl (C=O) groups excluding carboxylic acids is 1. The number of rotatable bonds is 4. The second kappa shape index (κ2) is 6.91. The van der Waals surface area contributed by atoms with Crippen LogP contribution in [0.2, 0.25) is 0 Å². The van der Waals surface area contributed by atoms with Crippen molar-refractivity contribution in [3.8, 4) is 0 Å². The molecular weight excluding hydrogens is 292 g/mol. The number of likely N-dealkylation sites (tertiary alicyclic amines) is 1. The summed E-state index contributed by atoms with van der Waals surface area (Å²) in [5.74, 6) is 0.770. The highest BCUT2D eigenvalue weighted by Crippen LogP contribution is 2.14. The molecule has 1 unspecified atom stereocenters. The quantitative estimate of drug-likeness (QED) is 0.880. The van der Waals surface area contributed by atoms with E-state index in [2.05, 4.69) is 20.2 Å². The van der Waals surface area contributed by atoms with Gasteiger partial charge < -0.3 is 15.2 Å². The highest BCUT2D eigenvalue weighted by atomic mass is 16.2. The van der Waals surface area contributed by atoms with E-state index in [9.17, 15) is 9.59 Å². The molecule has 2 aromatic rings. The molecule has 1 amide bonds. The number of para-hydroxylation sites is 1. The lowest BCUT2D eigenvalue weighted by atomic mass is 9.97. The SMILES string of the molecule is CN1CCCC(C(=O)NCCc2nc3ccccc3c(=O)[nH]2)C1. The van der Waals surface area contributed by atoms with Gasteiger partial charge in [-0.3, -0.25) is 9.59 Å². The summed E-state index contributed by atoms with van der Waals surface area (Å²) in [5.41, 5.74) is 0.553. The molecule has 6 nitrogen and oxygen atoms in total. The fourth-order valence-electron chi connectivity index (χ4n) is 3.08. The van der Waals surface area contributed by atoms with Crippen LogP contribution in [0.1, 0.15) is 18.7 Å². The van der Waals surface area contributed by atoms with Crippen molar-refractivity contribution in [2.75, 3.05) is 26.7 Å². The molecule has 1 saturated heterocycles. The van der Waals surface area contributed by atoms with Gasteiger partial charge in [-0.15, -0.1) is 0 Å². The van der Waals surface area contributed by atoms with Crippen molar-refractivity contribution in [2.24, 2.45) is 5.92 Å². The monoisotopic (exact) mass is 314 g/mol. The fourth-order valence-corrected chi connectivity index (χ4v) is 3.08. The maximum atomic E-state index is 12.2. The van der Waals surface area contributed by atoms with Gasteiger partial charge in [0, 0.05) is 19.5 Å². The van der Waals surface area contributed by atoms with Gasteiger partial charge in [-0.1, -0.05) is 12.1 Å².